The summed E-state index contributed by atoms with van der Waals surface area (Å²) in [7, 11) is -3.38. The summed E-state index contributed by atoms with van der Waals surface area (Å²) < 4.78 is 32.5. The molecular formula is C11H22N2O5S. The molecule has 1 heterocycles. The van der Waals surface area contributed by atoms with Crippen LogP contribution in [0.2, 0.25) is 0 Å². The van der Waals surface area contributed by atoms with Gasteiger partial charge in [0.05, 0.1) is 6.10 Å². The number of nitrogens with zero attached hydrogens (tertiary/aromatic N) is 2. The van der Waals surface area contributed by atoms with E-state index in [1.807, 2.05) is 13.8 Å². The topological polar surface area (TPSA) is 87.2 Å². The van der Waals surface area contributed by atoms with Gasteiger partial charge in [0.15, 0.2) is 0 Å². The van der Waals surface area contributed by atoms with Crippen molar-refractivity contribution in [1.29, 1.82) is 0 Å². The molecule has 0 aromatic carbocycles. The van der Waals surface area contributed by atoms with Crippen molar-refractivity contribution in [2.24, 2.45) is 0 Å². The number of carboxylic acids is 1. The molecule has 0 radical (unpaired) electrons. The first-order valence-electron chi connectivity index (χ1n) is 6.50. The van der Waals surface area contributed by atoms with E-state index >= 15 is 0 Å². The molecule has 7 nitrogen and oxygen atoms in total. The Morgan fingerprint density at radius 1 is 1.32 bits per heavy atom. The molecule has 1 aliphatic heterocycles. The highest BCUT2D eigenvalue weighted by molar-refractivity contribution is 7.86. The zero-order valence-electron chi connectivity index (χ0n) is 11.4. The summed E-state index contributed by atoms with van der Waals surface area (Å²) in [6.07, 6.45) is 0.904. The van der Waals surface area contributed by atoms with E-state index in [9.17, 15) is 13.2 Å². The Labute approximate surface area is 114 Å². The van der Waals surface area contributed by atoms with Crippen LogP contribution in [0.4, 0.5) is 0 Å². The molecule has 8 heteroatoms. The number of hydrogen-bond donors (Lipinski definition) is 1. The average Bonchev–Trinajstić information content (AvgIpc) is 2.38. The Hall–Kier alpha value is -0.700. The zero-order chi connectivity index (χ0) is 14.5. The third-order valence-electron chi connectivity index (χ3n) is 3.20. The van der Waals surface area contributed by atoms with E-state index in [0.29, 0.717) is 39.0 Å². The molecule has 1 N–H and O–H groups in total. The quantitative estimate of drug-likeness (QED) is 0.721. The SMILES string of the molecule is CCN(CC)S(=O)(=O)N1CCC(OCC(=O)O)CC1. The molecule has 1 saturated heterocycles. The van der Waals surface area contributed by atoms with E-state index in [0.717, 1.165) is 0 Å². The molecule has 1 aliphatic rings. The lowest BCUT2D eigenvalue weighted by atomic mass is 10.1. The molecule has 1 fully saturated rings. The van der Waals surface area contributed by atoms with Gasteiger partial charge in [-0.05, 0) is 12.8 Å². The highest BCUT2D eigenvalue weighted by atomic mass is 32.2. The fourth-order valence-corrected chi connectivity index (χ4v) is 3.78. The smallest absolute Gasteiger partial charge is 0.329 e. The molecule has 0 unspecified atom stereocenters. The summed E-state index contributed by atoms with van der Waals surface area (Å²) in [5, 5.41) is 8.52. The predicted molar refractivity (Wildman–Crippen MR) is 70.0 cm³/mol. The van der Waals surface area contributed by atoms with Crippen LogP contribution in [0.5, 0.6) is 0 Å². The van der Waals surface area contributed by atoms with Crippen molar-refractivity contribution in [1.82, 2.24) is 8.61 Å². The van der Waals surface area contributed by atoms with Crippen molar-refractivity contribution >= 4 is 16.2 Å². The maximum Gasteiger partial charge on any atom is 0.329 e. The van der Waals surface area contributed by atoms with Crippen molar-refractivity contribution in [2.45, 2.75) is 32.8 Å². The van der Waals surface area contributed by atoms with E-state index in [4.69, 9.17) is 9.84 Å². The minimum absolute atomic E-state index is 0.167. The monoisotopic (exact) mass is 294 g/mol. The van der Waals surface area contributed by atoms with Crippen molar-refractivity contribution in [2.75, 3.05) is 32.8 Å². The van der Waals surface area contributed by atoms with Crippen molar-refractivity contribution < 1.29 is 23.1 Å². The van der Waals surface area contributed by atoms with Crippen LogP contribution in [0.1, 0.15) is 26.7 Å². The fraction of sp³-hybridized carbons (Fsp3) is 0.909. The number of ether oxygens (including phenoxy) is 1. The van der Waals surface area contributed by atoms with Gasteiger partial charge in [0.1, 0.15) is 6.61 Å². The summed E-state index contributed by atoms with van der Waals surface area (Å²) in [5.41, 5.74) is 0. The maximum absolute atomic E-state index is 12.2. The lowest BCUT2D eigenvalue weighted by Crippen LogP contribution is -2.48. The largest absolute Gasteiger partial charge is 0.480 e. The first kappa shape index (κ1) is 16.4. The molecule has 0 aromatic heterocycles. The van der Waals surface area contributed by atoms with E-state index in [1.165, 1.54) is 8.61 Å². The van der Waals surface area contributed by atoms with Gasteiger partial charge in [0.2, 0.25) is 0 Å². The van der Waals surface area contributed by atoms with Crippen molar-refractivity contribution in [3.8, 4) is 0 Å². The summed E-state index contributed by atoms with van der Waals surface area (Å²) in [5.74, 6) is -1.00. The summed E-state index contributed by atoms with van der Waals surface area (Å²) >= 11 is 0. The number of hydrogen-bond acceptors (Lipinski definition) is 4. The van der Waals surface area contributed by atoms with Crippen LogP contribution in [-0.4, -0.2) is 67.0 Å². The van der Waals surface area contributed by atoms with E-state index < -0.39 is 16.2 Å². The van der Waals surface area contributed by atoms with Crippen molar-refractivity contribution in [3.63, 3.8) is 0 Å². The number of carboxylic acid groups (broad SMARTS) is 1. The number of piperidine rings is 1. The minimum Gasteiger partial charge on any atom is -0.480 e. The Kier molecular flexibility index (Phi) is 6.18. The Balaban J connectivity index is 2.51. The van der Waals surface area contributed by atoms with Gasteiger partial charge in [-0.3, -0.25) is 0 Å². The molecule has 0 atom stereocenters. The van der Waals surface area contributed by atoms with Crippen LogP contribution >= 0.6 is 0 Å². The van der Waals surface area contributed by atoms with E-state index in [2.05, 4.69) is 0 Å². The second-order valence-electron chi connectivity index (χ2n) is 4.40. The molecule has 0 amide bonds. The van der Waals surface area contributed by atoms with Gasteiger partial charge < -0.3 is 9.84 Å². The molecule has 0 saturated carbocycles. The van der Waals surface area contributed by atoms with Gasteiger partial charge >= 0.3 is 5.97 Å². The fourth-order valence-electron chi connectivity index (χ4n) is 2.13. The highest BCUT2D eigenvalue weighted by Gasteiger charge is 2.31. The molecule has 0 bridgehead atoms. The van der Waals surface area contributed by atoms with Crippen LogP contribution < -0.4 is 0 Å². The Bertz CT molecular complexity index is 386. The second-order valence-corrected chi connectivity index (χ2v) is 6.32. The lowest BCUT2D eigenvalue weighted by molar-refractivity contribution is -0.145. The van der Waals surface area contributed by atoms with Gasteiger partial charge in [0.25, 0.3) is 10.2 Å². The normalized spacial score (nSPS) is 18.9. The van der Waals surface area contributed by atoms with Crippen LogP contribution in [0, 0.1) is 0 Å². The van der Waals surface area contributed by atoms with E-state index in [-0.39, 0.29) is 12.7 Å². The number of aliphatic carboxylic acids is 1. The second kappa shape index (κ2) is 7.18. The third-order valence-corrected chi connectivity index (χ3v) is 5.39. The zero-order valence-corrected chi connectivity index (χ0v) is 12.2. The van der Waals surface area contributed by atoms with Gasteiger partial charge in [0, 0.05) is 26.2 Å². The molecule has 0 spiro atoms. The van der Waals surface area contributed by atoms with E-state index in [1.54, 1.807) is 0 Å². The Morgan fingerprint density at radius 3 is 2.26 bits per heavy atom. The van der Waals surface area contributed by atoms with Crippen molar-refractivity contribution in [3.05, 3.63) is 0 Å². The molecule has 0 aromatic rings. The van der Waals surface area contributed by atoms with Crippen LogP contribution in [0.25, 0.3) is 0 Å². The molecule has 19 heavy (non-hydrogen) atoms. The average molecular weight is 294 g/mol. The maximum atomic E-state index is 12.2. The Morgan fingerprint density at radius 2 is 1.84 bits per heavy atom. The third kappa shape index (κ3) is 4.41. The standard InChI is InChI=1S/C11H22N2O5S/c1-3-12(4-2)19(16,17)13-7-5-10(6-8-13)18-9-11(14)15/h10H,3-9H2,1-2H3,(H,14,15). The molecule has 0 aliphatic carbocycles. The highest BCUT2D eigenvalue weighted by Crippen LogP contribution is 2.18. The molecular weight excluding hydrogens is 272 g/mol. The molecule has 112 valence electrons. The van der Waals surface area contributed by atoms with Gasteiger partial charge in [-0.25, -0.2) is 4.79 Å². The minimum atomic E-state index is -3.38. The first-order valence-corrected chi connectivity index (χ1v) is 7.90. The lowest BCUT2D eigenvalue weighted by Gasteiger charge is -2.34. The summed E-state index contributed by atoms with van der Waals surface area (Å²) in [4.78, 5) is 10.4. The number of rotatable bonds is 7. The van der Waals surface area contributed by atoms with Gasteiger partial charge in [-0.15, -0.1) is 0 Å². The van der Waals surface area contributed by atoms with Gasteiger partial charge in [-0.1, -0.05) is 13.8 Å². The van der Waals surface area contributed by atoms with Crippen LogP contribution in [-0.2, 0) is 19.7 Å². The van der Waals surface area contributed by atoms with Crippen LogP contribution in [0.3, 0.4) is 0 Å². The summed E-state index contributed by atoms with van der Waals surface area (Å²) in [6.45, 7) is 4.95. The summed E-state index contributed by atoms with van der Waals surface area (Å²) in [6, 6.07) is 0. The predicted octanol–water partition coefficient (Wildman–Crippen LogP) is 0.139. The number of carbonyl (C=O) groups is 1. The van der Waals surface area contributed by atoms with Gasteiger partial charge in [-0.2, -0.15) is 17.0 Å². The molecule has 1 rings (SSSR count). The van der Waals surface area contributed by atoms with Crippen LogP contribution in [0.15, 0.2) is 0 Å². The first-order chi connectivity index (χ1) is 8.91.